The highest BCUT2D eigenvalue weighted by Gasteiger charge is 2.26. The molecule has 1 aliphatic heterocycles. The van der Waals surface area contributed by atoms with Gasteiger partial charge in [-0.1, -0.05) is 0 Å². The first-order valence-electron chi connectivity index (χ1n) is 8.33. The number of carbonyl (C=O) groups is 2. The topological polar surface area (TPSA) is 84.4 Å². The zero-order valence-electron chi connectivity index (χ0n) is 14.6. The molecule has 7 nitrogen and oxygen atoms in total. The lowest BCUT2D eigenvalue weighted by atomic mass is 9.97. The van der Waals surface area contributed by atoms with Gasteiger partial charge in [-0.15, -0.1) is 0 Å². The van der Waals surface area contributed by atoms with Crippen molar-refractivity contribution >= 4 is 11.9 Å². The van der Waals surface area contributed by atoms with E-state index in [2.05, 4.69) is 15.3 Å². The molecule has 1 saturated heterocycles. The predicted octanol–water partition coefficient (Wildman–Crippen LogP) is 1.90. The van der Waals surface area contributed by atoms with E-state index in [1.807, 2.05) is 20.8 Å². The fourth-order valence-corrected chi connectivity index (χ4v) is 2.57. The van der Waals surface area contributed by atoms with E-state index in [9.17, 15) is 9.59 Å². The molecule has 0 atom stereocenters. The molecule has 1 amide bonds. The van der Waals surface area contributed by atoms with Crippen molar-refractivity contribution in [1.82, 2.24) is 20.2 Å². The van der Waals surface area contributed by atoms with Gasteiger partial charge in [-0.05, 0) is 46.1 Å². The van der Waals surface area contributed by atoms with E-state index in [0.717, 1.165) is 19.4 Å². The quantitative estimate of drug-likeness (QED) is 0.828. The summed E-state index contributed by atoms with van der Waals surface area (Å²) >= 11 is 0. The molecular weight excluding hydrogens is 308 g/mol. The van der Waals surface area contributed by atoms with Crippen molar-refractivity contribution in [1.29, 1.82) is 0 Å². The van der Waals surface area contributed by atoms with Gasteiger partial charge in [-0.2, -0.15) is 0 Å². The van der Waals surface area contributed by atoms with Crippen molar-refractivity contribution in [2.24, 2.45) is 5.92 Å². The molecule has 0 radical (unpaired) electrons. The van der Waals surface area contributed by atoms with Gasteiger partial charge in [-0.25, -0.2) is 9.78 Å². The molecule has 2 heterocycles. The highest BCUT2D eigenvalue weighted by Crippen LogP contribution is 2.19. The minimum Gasteiger partial charge on any atom is -0.444 e. The molecule has 0 saturated carbocycles. The Morgan fingerprint density at radius 3 is 2.58 bits per heavy atom. The molecule has 7 heteroatoms. The Morgan fingerprint density at radius 1 is 1.29 bits per heavy atom. The molecule has 24 heavy (non-hydrogen) atoms. The maximum Gasteiger partial charge on any atom is 0.410 e. The molecule has 1 N–H and O–H groups in total. The highest BCUT2D eigenvalue weighted by atomic mass is 16.6. The summed E-state index contributed by atoms with van der Waals surface area (Å²) in [4.78, 5) is 33.6. The van der Waals surface area contributed by atoms with Crippen LogP contribution in [0.25, 0.3) is 0 Å². The summed E-state index contributed by atoms with van der Waals surface area (Å²) in [5, 5.41) is 3.18. The number of Topliss-reactive ketones (excluding diaryl/α,β-unsaturated/α-hetero) is 1. The number of hydrogen-bond donors (Lipinski definition) is 1. The largest absolute Gasteiger partial charge is 0.444 e. The number of piperidine rings is 1. The molecule has 1 aromatic rings. The van der Waals surface area contributed by atoms with Gasteiger partial charge in [-0.3, -0.25) is 9.78 Å². The van der Waals surface area contributed by atoms with Crippen LogP contribution in [0.3, 0.4) is 0 Å². The molecule has 1 fully saturated rings. The van der Waals surface area contributed by atoms with E-state index in [1.54, 1.807) is 11.1 Å². The average Bonchev–Trinajstić information content (AvgIpc) is 2.54. The summed E-state index contributed by atoms with van der Waals surface area (Å²) in [6, 6.07) is 0. The van der Waals surface area contributed by atoms with Crippen molar-refractivity contribution in [2.45, 2.75) is 39.2 Å². The first-order valence-corrected chi connectivity index (χ1v) is 8.33. The minimum absolute atomic E-state index is 0.0608. The van der Waals surface area contributed by atoms with Gasteiger partial charge in [0.05, 0.1) is 12.7 Å². The second-order valence-electron chi connectivity index (χ2n) is 7.06. The van der Waals surface area contributed by atoms with Crippen molar-refractivity contribution in [3.63, 3.8) is 0 Å². The lowest BCUT2D eigenvalue weighted by molar-refractivity contribution is 0.0184. The van der Waals surface area contributed by atoms with Crippen molar-refractivity contribution < 1.29 is 14.3 Å². The summed E-state index contributed by atoms with van der Waals surface area (Å²) in [5.41, 5.74) is -0.0827. The average molecular weight is 334 g/mol. The highest BCUT2D eigenvalue weighted by molar-refractivity contribution is 5.95. The normalized spacial score (nSPS) is 16.0. The molecule has 0 spiro atoms. The van der Waals surface area contributed by atoms with Gasteiger partial charge in [0, 0.05) is 25.5 Å². The van der Waals surface area contributed by atoms with Crippen LogP contribution in [-0.4, -0.2) is 58.5 Å². The van der Waals surface area contributed by atoms with Crippen molar-refractivity contribution in [3.05, 3.63) is 24.3 Å². The Bertz CT molecular complexity index is 549. The van der Waals surface area contributed by atoms with Gasteiger partial charge in [0.15, 0.2) is 5.78 Å². The van der Waals surface area contributed by atoms with E-state index in [-0.39, 0.29) is 18.4 Å². The SMILES string of the molecule is CC(C)(C)OC(=O)N1CCC(CNCC(=O)c2cnccn2)CC1. The zero-order valence-corrected chi connectivity index (χ0v) is 14.6. The van der Waals surface area contributed by atoms with Crippen molar-refractivity contribution in [2.75, 3.05) is 26.2 Å². The van der Waals surface area contributed by atoms with Gasteiger partial charge < -0.3 is 15.0 Å². The maximum absolute atomic E-state index is 12.0. The van der Waals surface area contributed by atoms with Crippen LogP contribution in [0.4, 0.5) is 4.79 Å². The number of hydrogen-bond acceptors (Lipinski definition) is 6. The van der Waals surface area contributed by atoms with Gasteiger partial charge in [0.25, 0.3) is 0 Å². The molecule has 132 valence electrons. The van der Waals surface area contributed by atoms with E-state index < -0.39 is 5.60 Å². The minimum atomic E-state index is -0.462. The number of amides is 1. The number of rotatable bonds is 5. The van der Waals surface area contributed by atoms with E-state index in [1.165, 1.54) is 12.4 Å². The Kier molecular flexibility index (Phi) is 6.25. The first kappa shape index (κ1) is 18.3. The van der Waals surface area contributed by atoms with Crippen molar-refractivity contribution in [3.8, 4) is 0 Å². The number of nitrogens with zero attached hydrogens (tertiary/aromatic N) is 3. The standard InChI is InChI=1S/C17H26N4O3/c1-17(2,3)24-16(23)21-8-4-13(5-9-21)10-19-12-15(22)14-11-18-6-7-20-14/h6-7,11,13,19H,4-5,8-10,12H2,1-3H3. The second kappa shape index (κ2) is 8.19. The molecular formula is C17H26N4O3. The second-order valence-corrected chi connectivity index (χ2v) is 7.06. The Balaban J connectivity index is 1.66. The number of likely N-dealkylation sites (tertiary alicyclic amines) is 1. The number of carbonyl (C=O) groups excluding carboxylic acids is 2. The van der Waals surface area contributed by atoms with Crippen LogP contribution in [0, 0.1) is 5.92 Å². The van der Waals surface area contributed by atoms with E-state index in [0.29, 0.717) is 24.7 Å². The van der Waals surface area contributed by atoms with Crippen LogP contribution in [0.1, 0.15) is 44.1 Å². The van der Waals surface area contributed by atoms with Crippen LogP contribution in [0.5, 0.6) is 0 Å². The molecule has 0 unspecified atom stereocenters. The molecule has 2 rings (SSSR count). The number of aromatic nitrogens is 2. The van der Waals surface area contributed by atoms with Crippen LogP contribution >= 0.6 is 0 Å². The third-order valence-electron chi connectivity index (χ3n) is 3.83. The third-order valence-corrected chi connectivity index (χ3v) is 3.83. The van der Waals surface area contributed by atoms with Gasteiger partial charge in [0.1, 0.15) is 11.3 Å². The molecule has 0 aliphatic carbocycles. The summed E-state index contributed by atoms with van der Waals surface area (Å²) in [6.07, 6.45) is 6.11. The summed E-state index contributed by atoms with van der Waals surface area (Å²) in [5.74, 6) is 0.396. The lowest BCUT2D eigenvalue weighted by Gasteiger charge is -2.33. The molecule has 0 aromatic carbocycles. The first-order chi connectivity index (χ1) is 11.3. The number of ketones is 1. The maximum atomic E-state index is 12.0. The van der Waals surface area contributed by atoms with Crippen LogP contribution in [0.15, 0.2) is 18.6 Å². The van der Waals surface area contributed by atoms with Crippen LogP contribution < -0.4 is 5.32 Å². The Hall–Kier alpha value is -2.02. The van der Waals surface area contributed by atoms with E-state index >= 15 is 0 Å². The summed E-state index contributed by atoms with van der Waals surface area (Å²) in [6.45, 7) is 8.01. The van der Waals surface area contributed by atoms with Crippen LogP contribution in [0.2, 0.25) is 0 Å². The molecule has 0 bridgehead atoms. The smallest absolute Gasteiger partial charge is 0.410 e. The van der Waals surface area contributed by atoms with E-state index in [4.69, 9.17) is 4.74 Å². The lowest BCUT2D eigenvalue weighted by Crippen LogP contribution is -2.43. The summed E-state index contributed by atoms with van der Waals surface area (Å²) in [7, 11) is 0. The van der Waals surface area contributed by atoms with Gasteiger partial charge >= 0.3 is 6.09 Å². The predicted molar refractivity (Wildman–Crippen MR) is 89.8 cm³/mol. The molecule has 1 aliphatic rings. The van der Waals surface area contributed by atoms with Crippen LogP contribution in [-0.2, 0) is 4.74 Å². The third kappa shape index (κ3) is 5.88. The Morgan fingerprint density at radius 2 is 2.00 bits per heavy atom. The monoisotopic (exact) mass is 334 g/mol. The fourth-order valence-electron chi connectivity index (χ4n) is 2.57. The number of nitrogens with one attached hydrogen (secondary N) is 1. The summed E-state index contributed by atoms with van der Waals surface area (Å²) < 4.78 is 5.39. The Labute approximate surface area is 142 Å². The molecule has 1 aromatic heterocycles. The zero-order chi connectivity index (χ0) is 17.6. The number of ether oxygens (including phenoxy) is 1. The fraction of sp³-hybridized carbons (Fsp3) is 0.647. The van der Waals surface area contributed by atoms with Gasteiger partial charge in [0.2, 0.25) is 0 Å².